The van der Waals surface area contributed by atoms with Crippen molar-refractivity contribution in [1.29, 1.82) is 0 Å². The molecule has 0 N–H and O–H groups in total. The number of ether oxygens (including phenoxy) is 1. The lowest BCUT2D eigenvalue weighted by Gasteiger charge is -2.36. The SMILES string of the molecule is Cc1nc([C@@H]2CCOC2)cc(N2CCN(c3cnccn3)CC2)n1. The monoisotopic (exact) mass is 326 g/mol. The maximum absolute atomic E-state index is 5.51. The highest BCUT2D eigenvalue weighted by molar-refractivity contribution is 5.45. The molecule has 7 heteroatoms. The zero-order valence-electron chi connectivity index (χ0n) is 13.9. The molecule has 0 amide bonds. The highest BCUT2D eigenvalue weighted by atomic mass is 16.5. The lowest BCUT2D eigenvalue weighted by molar-refractivity contribution is 0.193. The lowest BCUT2D eigenvalue weighted by Crippen LogP contribution is -2.47. The zero-order chi connectivity index (χ0) is 16.4. The van der Waals surface area contributed by atoms with Gasteiger partial charge in [0.25, 0.3) is 0 Å². The van der Waals surface area contributed by atoms with Gasteiger partial charge in [-0.15, -0.1) is 0 Å². The Labute approximate surface area is 141 Å². The van der Waals surface area contributed by atoms with Crippen molar-refractivity contribution in [3.63, 3.8) is 0 Å². The first-order valence-electron chi connectivity index (χ1n) is 8.49. The summed E-state index contributed by atoms with van der Waals surface area (Å²) in [6.45, 7) is 7.27. The Kier molecular flexibility index (Phi) is 4.25. The van der Waals surface area contributed by atoms with Gasteiger partial charge < -0.3 is 14.5 Å². The summed E-state index contributed by atoms with van der Waals surface area (Å²) >= 11 is 0. The summed E-state index contributed by atoms with van der Waals surface area (Å²) < 4.78 is 5.51. The molecule has 2 aromatic heterocycles. The molecule has 2 aliphatic rings. The van der Waals surface area contributed by atoms with E-state index in [0.29, 0.717) is 5.92 Å². The summed E-state index contributed by atoms with van der Waals surface area (Å²) in [6.07, 6.45) is 6.32. The van der Waals surface area contributed by atoms with Crippen LogP contribution in [0.4, 0.5) is 11.6 Å². The molecule has 4 rings (SSSR count). The minimum absolute atomic E-state index is 0.409. The van der Waals surface area contributed by atoms with Crippen LogP contribution in [-0.4, -0.2) is 59.3 Å². The highest BCUT2D eigenvalue weighted by Crippen LogP contribution is 2.26. The van der Waals surface area contributed by atoms with Crippen molar-refractivity contribution in [2.24, 2.45) is 0 Å². The van der Waals surface area contributed by atoms with Crippen molar-refractivity contribution in [3.05, 3.63) is 36.2 Å². The van der Waals surface area contributed by atoms with Gasteiger partial charge in [0.15, 0.2) is 0 Å². The van der Waals surface area contributed by atoms with Gasteiger partial charge in [-0.05, 0) is 13.3 Å². The summed E-state index contributed by atoms with van der Waals surface area (Å²) in [7, 11) is 0. The van der Waals surface area contributed by atoms with Crippen LogP contribution in [0.1, 0.15) is 23.9 Å². The van der Waals surface area contributed by atoms with Crippen molar-refractivity contribution in [2.75, 3.05) is 49.2 Å². The van der Waals surface area contributed by atoms with Crippen LogP contribution in [0.5, 0.6) is 0 Å². The number of piperazine rings is 1. The van der Waals surface area contributed by atoms with Crippen molar-refractivity contribution in [3.8, 4) is 0 Å². The Hall–Kier alpha value is -2.28. The van der Waals surface area contributed by atoms with Gasteiger partial charge in [0.05, 0.1) is 18.5 Å². The van der Waals surface area contributed by atoms with E-state index in [1.807, 2.05) is 13.1 Å². The fraction of sp³-hybridized carbons (Fsp3) is 0.529. The van der Waals surface area contributed by atoms with Crippen LogP contribution in [0.25, 0.3) is 0 Å². The van der Waals surface area contributed by atoms with E-state index >= 15 is 0 Å². The van der Waals surface area contributed by atoms with Crippen LogP contribution in [0, 0.1) is 6.92 Å². The van der Waals surface area contributed by atoms with Crippen molar-refractivity contribution < 1.29 is 4.74 Å². The van der Waals surface area contributed by atoms with Crippen LogP contribution in [0.3, 0.4) is 0 Å². The highest BCUT2D eigenvalue weighted by Gasteiger charge is 2.23. The molecule has 0 unspecified atom stereocenters. The van der Waals surface area contributed by atoms with E-state index in [9.17, 15) is 0 Å². The molecule has 24 heavy (non-hydrogen) atoms. The maximum atomic E-state index is 5.51. The van der Waals surface area contributed by atoms with Crippen molar-refractivity contribution in [1.82, 2.24) is 19.9 Å². The van der Waals surface area contributed by atoms with E-state index in [4.69, 9.17) is 4.74 Å². The molecule has 2 aromatic rings. The Morgan fingerprint density at radius 2 is 1.83 bits per heavy atom. The van der Waals surface area contributed by atoms with Gasteiger partial charge >= 0.3 is 0 Å². The number of nitrogens with zero attached hydrogens (tertiary/aromatic N) is 6. The fourth-order valence-corrected chi connectivity index (χ4v) is 3.33. The van der Waals surface area contributed by atoms with E-state index < -0.39 is 0 Å². The molecule has 0 saturated carbocycles. The topological polar surface area (TPSA) is 67.3 Å². The average molecular weight is 326 g/mol. The molecular formula is C17H22N6O. The summed E-state index contributed by atoms with van der Waals surface area (Å²) in [5.41, 5.74) is 1.12. The number of hydrogen-bond acceptors (Lipinski definition) is 7. The number of rotatable bonds is 3. The smallest absolute Gasteiger partial charge is 0.147 e. The van der Waals surface area contributed by atoms with Gasteiger partial charge in [0.2, 0.25) is 0 Å². The third-order valence-electron chi connectivity index (χ3n) is 4.67. The molecule has 0 spiro atoms. The van der Waals surface area contributed by atoms with E-state index in [0.717, 1.165) is 69.0 Å². The summed E-state index contributed by atoms with van der Waals surface area (Å²) in [4.78, 5) is 22.4. The summed E-state index contributed by atoms with van der Waals surface area (Å²) in [5.74, 6) is 3.22. The van der Waals surface area contributed by atoms with E-state index in [-0.39, 0.29) is 0 Å². The van der Waals surface area contributed by atoms with Gasteiger partial charge in [-0.2, -0.15) is 0 Å². The molecule has 0 radical (unpaired) electrons. The number of anilines is 2. The number of aromatic nitrogens is 4. The standard InChI is InChI=1S/C17H22N6O/c1-13-20-15(14-2-9-24-12-14)10-16(21-13)22-5-7-23(8-6-22)17-11-18-3-4-19-17/h3-4,10-11,14H,2,5-9,12H2,1H3/t14-/m1/s1. The first-order valence-corrected chi connectivity index (χ1v) is 8.49. The first kappa shape index (κ1) is 15.3. The van der Waals surface area contributed by atoms with Crippen LogP contribution >= 0.6 is 0 Å². The molecule has 4 heterocycles. The molecule has 7 nitrogen and oxygen atoms in total. The third-order valence-corrected chi connectivity index (χ3v) is 4.67. The largest absolute Gasteiger partial charge is 0.381 e. The molecule has 0 bridgehead atoms. The second kappa shape index (κ2) is 6.68. The Morgan fingerprint density at radius 1 is 1.04 bits per heavy atom. The van der Waals surface area contributed by atoms with Crippen LogP contribution in [0.15, 0.2) is 24.7 Å². The van der Waals surface area contributed by atoms with E-state index in [1.54, 1.807) is 12.4 Å². The zero-order valence-corrected chi connectivity index (χ0v) is 13.9. The van der Waals surface area contributed by atoms with Gasteiger partial charge in [-0.25, -0.2) is 15.0 Å². The molecule has 2 fully saturated rings. The Morgan fingerprint density at radius 3 is 2.50 bits per heavy atom. The summed E-state index contributed by atoms with van der Waals surface area (Å²) in [5, 5.41) is 0. The quantitative estimate of drug-likeness (QED) is 0.844. The Bertz CT molecular complexity index is 681. The predicted molar refractivity (Wildman–Crippen MR) is 91.4 cm³/mol. The van der Waals surface area contributed by atoms with Crippen molar-refractivity contribution in [2.45, 2.75) is 19.3 Å². The molecule has 2 saturated heterocycles. The van der Waals surface area contributed by atoms with E-state index in [1.165, 1.54) is 0 Å². The third kappa shape index (κ3) is 3.17. The molecule has 2 aliphatic heterocycles. The molecular weight excluding hydrogens is 304 g/mol. The summed E-state index contributed by atoms with van der Waals surface area (Å²) in [6, 6.07) is 2.14. The van der Waals surface area contributed by atoms with Gasteiger partial charge in [-0.1, -0.05) is 0 Å². The van der Waals surface area contributed by atoms with Gasteiger partial charge in [0, 0.05) is 57.2 Å². The predicted octanol–water partition coefficient (Wildman–Crippen LogP) is 1.41. The average Bonchev–Trinajstić information content (AvgIpc) is 3.17. The second-order valence-electron chi connectivity index (χ2n) is 6.30. The first-order chi connectivity index (χ1) is 11.8. The molecule has 1 atom stereocenters. The fourth-order valence-electron chi connectivity index (χ4n) is 3.33. The van der Waals surface area contributed by atoms with Crippen molar-refractivity contribution >= 4 is 11.6 Å². The van der Waals surface area contributed by atoms with Crippen LogP contribution in [-0.2, 0) is 4.74 Å². The minimum atomic E-state index is 0.409. The molecule has 0 aromatic carbocycles. The van der Waals surface area contributed by atoms with Gasteiger partial charge in [0.1, 0.15) is 17.5 Å². The maximum Gasteiger partial charge on any atom is 0.147 e. The number of aryl methyl sites for hydroxylation is 1. The normalized spacial score (nSPS) is 21.3. The lowest BCUT2D eigenvalue weighted by atomic mass is 10.0. The van der Waals surface area contributed by atoms with E-state index in [2.05, 4.69) is 35.8 Å². The van der Waals surface area contributed by atoms with Crippen LogP contribution < -0.4 is 9.80 Å². The molecule has 126 valence electrons. The number of hydrogen-bond donors (Lipinski definition) is 0. The Balaban J connectivity index is 1.47. The second-order valence-corrected chi connectivity index (χ2v) is 6.30. The minimum Gasteiger partial charge on any atom is -0.381 e. The van der Waals surface area contributed by atoms with Gasteiger partial charge in [-0.3, -0.25) is 4.98 Å². The molecule has 0 aliphatic carbocycles. The van der Waals surface area contributed by atoms with Crippen LogP contribution in [0.2, 0.25) is 0 Å².